The molecule has 0 aliphatic carbocycles. The molecule has 3 atom stereocenters. The summed E-state index contributed by atoms with van der Waals surface area (Å²) in [7, 11) is 1.29. The van der Waals surface area contributed by atoms with Gasteiger partial charge in [0.15, 0.2) is 0 Å². The third kappa shape index (κ3) is 8.78. The summed E-state index contributed by atoms with van der Waals surface area (Å²) in [6.45, 7) is 10.6. The normalized spacial score (nSPS) is 17.3. The van der Waals surface area contributed by atoms with Crippen molar-refractivity contribution >= 4 is 18.1 Å². The largest absolute Gasteiger partial charge is 0.453 e. The highest BCUT2D eigenvalue weighted by molar-refractivity contribution is 5.86. The number of ether oxygens (including phenoxy) is 2. The predicted molar refractivity (Wildman–Crippen MR) is 205 cm³/mol. The van der Waals surface area contributed by atoms with Crippen molar-refractivity contribution in [1.29, 1.82) is 0 Å². The van der Waals surface area contributed by atoms with E-state index in [1.54, 1.807) is 22.2 Å². The van der Waals surface area contributed by atoms with E-state index < -0.39 is 17.7 Å². The van der Waals surface area contributed by atoms with Gasteiger partial charge >= 0.3 is 12.2 Å². The van der Waals surface area contributed by atoms with Crippen molar-refractivity contribution in [3.05, 3.63) is 83.8 Å². The number of aromatic amines is 2. The predicted octanol–water partition coefficient (Wildman–Crippen LogP) is 6.99. The van der Waals surface area contributed by atoms with Gasteiger partial charge in [-0.2, -0.15) is 0 Å². The summed E-state index contributed by atoms with van der Waals surface area (Å²) in [6, 6.07) is 15.0. The fourth-order valence-corrected chi connectivity index (χ4v) is 6.88. The Kier molecular flexibility index (Phi) is 11.4. The van der Waals surface area contributed by atoms with Gasteiger partial charge in [-0.15, -0.1) is 0 Å². The van der Waals surface area contributed by atoms with E-state index >= 15 is 0 Å². The summed E-state index contributed by atoms with van der Waals surface area (Å²) in [5, 5.41) is 2.70. The monoisotopic (exact) mass is 729 g/mol. The second-order valence-electron chi connectivity index (χ2n) is 14.9. The van der Waals surface area contributed by atoms with Gasteiger partial charge in [0.25, 0.3) is 0 Å². The fourth-order valence-electron chi connectivity index (χ4n) is 6.88. The van der Waals surface area contributed by atoms with Crippen molar-refractivity contribution in [1.82, 2.24) is 35.1 Å². The van der Waals surface area contributed by atoms with E-state index in [1.165, 1.54) is 7.11 Å². The second-order valence-corrected chi connectivity index (χ2v) is 14.9. The molecular weight excluding hydrogens is 683 g/mol. The highest BCUT2D eigenvalue weighted by Gasteiger charge is 2.38. The van der Waals surface area contributed by atoms with Crippen LogP contribution in [0.2, 0.25) is 0 Å². The number of methoxy groups -OCH3 is 1. The molecule has 12 heteroatoms. The first-order chi connectivity index (χ1) is 25.9. The quantitative estimate of drug-likeness (QED) is 0.174. The number of H-pyrrole nitrogens is 2. The Balaban J connectivity index is 1.20. The maximum atomic E-state index is 13.6. The van der Waals surface area contributed by atoms with Crippen molar-refractivity contribution in [2.45, 2.75) is 84.0 Å². The molecule has 2 aromatic heterocycles. The molecule has 3 N–H and O–H groups in total. The fraction of sp³-hybridized carbons (Fsp3) is 0.405. The minimum absolute atomic E-state index is 0.118. The third-order valence-electron chi connectivity index (χ3n) is 9.50. The average molecular weight is 730 g/mol. The molecule has 0 bridgehead atoms. The number of nitrogens with zero attached hydrogens (tertiary/aromatic N) is 4. The van der Waals surface area contributed by atoms with Crippen LogP contribution in [0, 0.1) is 29.6 Å². The van der Waals surface area contributed by atoms with Gasteiger partial charge < -0.3 is 29.7 Å². The van der Waals surface area contributed by atoms with Crippen LogP contribution < -0.4 is 5.32 Å². The number of rotatable bonds is 7. The zero-order valence-corrected chi connectivity index (χ0v) is 31.7. The molecule has 4 heterocycles. The molecule has 0 radical (unpaired) electrons. The highest BCUT2D eigenvalue weighted by Crippen LogP contribution is 2.35. The zero-order valence-electron chi connectivity index (χ0n) is 31.7. The van der Waals surface area contributed by atoms with Gasteiger partial charge in [-0.3, -0.25) is 9.69 Å². The van der Waals surface area contributed by atoms with Gasteiger partial charge in [-0.1, -0.05) is 56.2 Å². The molecule has 0 spiro atoms. The Morgan fingerprint density at radius 1 is 0.870 bits per heavy atom. The van der Waals surface area contributed by atoms with Crippen LogP contribution in [0.4, 0.5) is 9.59 Å². The lowest BCUT2D eigenvalue weighted by Gasteiger charge is -2.30. The van der Waals surface area contributed by atoms with Crippen LogP contribution in [0.25, 0.3) is 22.4 Å². The van der Waals surface area contributed by atoms with E-state index in [9.17, 15) is 14.4 Å². The number of amides is 3. The van der Waals surface area contributed by atoms with Gasteiger partial charge in [0.05, 0.1) is 37.3 Å². The summed E-state index contributed by atoms with van der Waals surface area (Å²) >= 11 is 0. The Bertz CT molecular complexity index is 2110. The zero-order chi connectivity index (χ0) is 38.4. The number of benzene rings is 2. The lowest BCUT2D eigenvalue weighted by atomic mass is 9.96. The Labute approximate surface area is 316 Å². The summed E-state index contributed by atoms with van der Waals surface area (Å²) < 4.78 is 10.4. The Hall–Kier alpha value is -6.01. The van der Waals surface area contributed by atoms with E-state index in [2.05, 4.69) is 50.0 Å². The van der Waals surface area contributed by atoms with Crippen molar-refractivity contribution in [2.75, 3.05) is 20.2 Å². The first-order valence-corrected chi connectivity index (χ1v) is 18.4. The van der Waals surface area contributed by atoms with Crippen LogP contribution >= 0.6 is 0 Å². The number of likely N-dealkylation sites (tertiary alicyclic amines) is 2. The number of carbonyl (C=O) groups is 3. The van der Waals surface area contributed by atoms with Crippen LogP contribution in [-0.4, -0.2) is 79.7 Å². The van der Waals surface area contributed by atoms with Crippen LogP contribution in [0.15, 0.2) is 60.9 Å². The van der Waals surface area contributed by atoms with Crippen LogP contribution in [0.3, 0.4) is 0 Å². The highest BCUT2D eigenvalue weighted by atomic mass is 16.6. The molecule has 0 saturated carbocycles. The van der Waals surface area contributed by atoms with Gasteiger partial charge in [0, 0.05) is 24.2 Å². The van der Waals surface area contributed by atoms with Crippen LogP contribution in [-0.2, 0) is 14.3 Å². The molecule has 2 fully saturated rings. The maximum Gasteiger partial charge on any atom is 0.410 e. The van der Waals surface area contributed by atoms with E-state index in [0.29, 0.717) is 30.4 Å². The van der Waals surface area contributed by atoms with Crippen LogP contribution in [0.1, 0.15) is 95.3 Å². The molecule has 2 aromatic carbocycles. The minimum atomic E-state index is -0.704. The first kappa shape index (κ1) is 37.7. The van der Waals surface area contributed by atoms with Crippen molar-refractivity contribution in [2.24, 2.45) is 5.92 Å². The summed E-state index contributed by atoms with van der Waals surface area (Å²) in [4.78, 5) is 57.9. The molecule has 54 heavy (non-hydrogen) atoms. The van der Waals surface area contributed by atoms with E-state index in [1.807, 2.05) is 77.1 Å². The number of alkyl carbamates (subject to hydrolysis) is 1. The van der Waals surface area contributed by atoms with Gasteiger partial charge in [-0.25, -0.2) is 19.6 Å². The number of nitrogens with one attached hydrogen (secondary N) is 3. The maximum absolute atomic E-state index is 13.6. The number of hydrogen-bond acceptors (Lipinski definition) is 7. The smallest absolute Gasteiger partial charge is 0.410 e. The average Bonchev–Trinajstić information content (AvgIpc) is 3.98. The first-order valence-electron chi connectivity index (χ1n) is 18.4. The molecule has 2 aliphatic heterocycles. The minimum Gasteiger partial charge on any atom is -0.453 e. The van der Waals surface area contributed by atoms with E-state index in [0.717, 1.165) is 53.6 Å². The topological polar surface area (TPSA) is 146 Å². The molecule has 2 saturated heterocycles. The number of hydrogen-bond donors (Lipinski definition) is 3. The summed E-state index contributed by atoms with van der Waals surface area (Å²) in [5.41, 5.74) is 4.54. The summed E-state index contributed by atoms with van der Waals surface area (Å²) in [6.07, 6.45) is 5.75. The third-order valence-corrected chi connectivity index (χ3v) is 9.50. The Morgan fingerprint density at radius 2 is 1.54 bits per heavy atom. The van der Waals surface area contributed by atoms with E-state index in [4.69, 9.17) is 14.5 Å². The molecule has 12 nitrogen and oxygen atoms in total. The molecular formula is C42H47N7O5. The van der Waals surface area contributed by atoms with Crippen molar-refractivity contribution < 1.29 is 23.9 Å². The molecule has 280 valence electrons. The molecule has 6 rings (SSSR count). The Morgan fingerprint density at radius 3 is 2.24 bits per heavy atom. The lowest BCUT2D eigenvalue weighted by Crippen LogP contribution is -2.51. The van der Waals surface area contributed by atoms with E-state index in [-0.39, 0.29) is 30.0 Å². The molecule has 2 aliphatic rings. The lowest BCUT2D eigenvalue weighted by molar-refractivity contribution is -0.135. The number of aromatic nitrogens is 4. The van der Waals surface area contributed by atoms with Crippen molar-refractivity contribution in [3.8, 4) is 46.1 Å². The number of imidazole rings is 2. The van der Waals surface area contributed by atoms with Gasteiger partial charge in [0.2, 0.25) is 5.91 Å². The molecule has 4 aromatic rings. The molecule has 3 amide bonds. The summed E-state index contributed by atoms with van der Waals surface area (Å²) in [5.74, 6) is 13.4. The van der Waals surface area contributed by atoms with Crippen molar-refractivity contribution in [3.63, 3.8) is 0 Å². The standard InChI is InChI=1S/C42H47N7O5/c1-27(2)36(47-40(51)53-6)39(50)48-22-12-18-34(48)38-44-26-33(46-38)30-21-20-29(32(24-30)28-14-8-7-9-15-28)16-10-11-17-31-25-43-37(45-31)35-19-13-23-49(35)41(52)54-42(3,4)5/h7-9,14-15,20-21,24-27,34-36H,12-13,18-19,22-23H2,1-6H3,(H,43,45)(H,44,46)(H,47,51)/t34-,35-,36-/m0/s1. The van der Waals surface area contributed by atoms with Gasteiger partial charge in [-0.05, 0) is 93.4 Å². The molecule has 0 unspecified atom stereocenters. The number of carbonyl (C=O) groups excluding carboxylic acids is 3. The SMILES string of the molecule is COC(=O)N[C@H](C(=O)N1CCC[C@H]1c1ncc(-c2ccc(C#CC#Cc3cnc([C@@H]4CCCN4C(=O)OC(C)(C)C)[nH]3)c(-c3ccccc3)c2)[nH]1)C(C)C. The second kappa shape index (κ2) is 16.3. The van der Waals surface area contributed by atoms with Crippen LogP contribution in [0.5, 0.6) is 0 Å². The van der Waals surface area contributed by atoms with Gasteiger partial charge in [0.1, 0.15) is 29.0 Å².